The van der Waals surface area contributed by atoms with Crippen LogP contribution in [0.4, 0.5) is 10.5 Å². The fraction of sp³-hybridized carbons (Fsp3) is 0.429. The van der Waals surface area contributed by atoms with E-state index in [-0.39, 0.29) is 5.91 Å². The number of aryl methyl sites for hydroxylation is 1. The highest BCUT2D eigenvalue weighted by atomic mass is 16.4. The van der Waals surface area contributed by atoms with Gasteiger partial charge in [-0.25, -0.2) is 4.79 Å². The summed E-state index contributed by atoms with van der Waals surface area (Å²) in [6.45, 7) is 1.07. The first-order valence-electron chi connectivity index (χ1n) is 6.56. The molecule has 0 unspecified atom stereocenters. The van der Waals surface area contributed by atoms with Crippen molar-refractivity contribution < 1.29 is 14.7 Å². The quantitative estimate of drug-likeness (QED) is 0.745. The predicted molar refractivity (Wildman–Crippen MR) is 70.4 cm³/mol. The molecule has 1 aromatic rings. The van der Waals surface area contributed by atoms with Crippen LogP contribution in [0.15, 0.2) is 12.1 Å². The van der Waals surface area contributed by atoms with Gasteiger partial charge in [-0.3, -0.25) is 4.79 Å². The fourth-order valence-electron chi connectivity index (χ4n) is 2.80. The van der Waals surface area contributed by atoms with Crippen molar-refractivity contribution in [2.75, 3.05) is 18.4 Å². The molecule has 2 N–H and O–H groups in total. The number of rotatable bonds is 0. The van der Waals surface area contributed by atoms with Gasteiger partial charge in [-0.05, 0) is 42.0 Å². The Morgan fingerprint density at radius 1 is 1.05 bits per heavy atom. The van der Waals surface area contributed by atoms with Gasteiger partial charge in [-0.15, -0.1) is 0 Å². The SMILES string of the molecule is O=C1CCc2cc3c(cc2N1)CCN(C(=O)O)CC3. The van der Waals surface area contributed by atoms with E-state index in [0.29, 0.717) is 25.9 Å². The smallest absolute Gasteiger partial charge is 0.407 e. The molecule has 0 saturated carbocycles. The number of hydrogen-bond acceptors (Lipinski definition) is 2. The van der Waals surface area contributed by atoms with Gasteiger partial charge in [0.25, 0.3) is 0 Å². The van der Waals surface area contributed by atoms with Gasteiger partial charge in [0.1, 0.15) is 0 Å². The van der Waals surface area contributed by atoms with Crippen molar-refractivity contribution >= 4 is 17.7 Å². The third-order valence-corrected chi connectivity index (χ3v) is 3.89. The minimum Gasteiger partial charge on any atom is -0.465 e. The maximum Gasteiger partial charge on any atom is 0.407 e. The molecule has 0 radical (unpaired) electrons. The Labute approximate surface area is 111 Å². The lowest BCUT2D eigenvalue weighted by molar-refractivity contribution is -0.116. The van der Waals surface area contributed by atoms with E-state index in [1.807, 2.05) is 6.07 Å². The number of carbonyl (C=O) groups excluding carboxylic acids is 1. The van der Waals surface area contributed by atoms with E-state index >= 15 is 0 Å². The van der Waals surface area contributed by atoms with Gasteiger partial charge >= 0.3 is 6.09 Å². The lowest BCUT2D eigenvalue weighted by atomic mass is 9.94. The molecule has 19 heavy (non-hydrogen) atoms. The molecule has 2 amide bonds. The predicted octanol–water partition coefficient (Wildman–Crippen LogP) is 1.65. The highest BCUT2D eigenvalue weighted by Gasteiger charge is 2.21. The largest absolute Gasteiger partial charge is 0.465 e. The summed E-state index contributed by atoms with van der Waals surface area (Å²) in [6, 6.07) is 4.16. The van der Waals surface area contributed by atoms with Crippen molar-refractivity contribution in [3.05, 3.63) is 28.8 Å². The van der Waals surface area contributed by atoms with E-state index in [0.717, 1.165) is 24.1 Å². The van der Waals surface area contributed by atoms with Crippen molar-refractivity contribution in [3.63, 3.8) is 0 Å². The van der Waals surface area contributed by atoms with Crippen molar-refractivity contribution in [2.24, 2.45) is 0 Å². The number of nitrogens with one attached hydrogen (secondary N) is 1. The Hall–Kier alpha value is -2.04. The summed E-state index contributed by atoms with van der Waals surface area (Å²) in [7, 11) is 0. The molecule has 0 aromatic heterocycles. The van der Waals surface area contributed by atoms with Crippen LogP contribution in [0.5, 0.6) is 0 Å². The second-order valence-electron chi connectivity index (χ2n) is 5.10. The van der Waals surface area contributed by atoms with Crippen molar-refractivity contribution in [2.45, 2.75) is 25.7 Å². The minimum absolute atomic E-state index is 0.0632. The van der Waals surface area contributed by atoms with Gasteiger partial charge in [0.2, 0.25) is 5.91 Å². The minimum atomic E-state index is -0.856. The molecule has 2 aliphatic heterocycles. The lowest BCUT2D eigenvalue weighted by Gasteiger charge is -2.19. The van der Waals surface area contributed by atoms with Gasteiger partial charge in [0.05, 0.1) is 0 Å². The van der Waals surface area contributed by atoms with Crippen LogP contribution in [-0.4, -0.2) is 35.1 Å². The van der Waals surface area contributed by atoms with Crippen molar-refractivity contribution in [3.8, 4) is 0 Å². The molecule has 0 fully saturated rings. The molecular formula is C14H16N2O3. The van der Waals surface area contributed by atoms with Gasteiger partial charge in [0.15, 0.2) is 0 Å². The Morgan fingerprint density at radius 3 is 2.42 bits per heavy atom. The molecule has 2 aliphatic rings. The highest BCUT2D eigenvalue weighted by Crippen LogP contribution is 2.28. The summed E-state index contributed by atoms with van der Waals surface area (Å²) in [5.41, 5.74) is 4.45. The van der Waals surface area contributed by atoms with Crippen LogP contribution in [0.1, 0.15) is 23.1 Å². The zero-order valence-corrected chi connectivity index (χ0v) is 10.6. The zero-order valence-electron chi connectivity index (χ0n) is 10.6. The van der Waals surface area contributed by atoms with Crippen LogP contribution in [0, 0.1) is 0 Å². The molecule has 2 heterocycles. The first-order chi connectivity index (χ1) is 9.13. The number of hydrogen-bond donors (Lipinski definition) is 2. The Morgan fingerprint density at radius 2 is 1.74 bits per heavy atom. The summed E-state index contributed by atoms with van der Waals surface area (Å²) in [6.07, 6.45) is 1.92. The molecule has 0 aliphatic carbocycles. The summed E-state index contributed by atoms with van der Waals surface area (Å²) in [5.74, 6) is 0.0632. The van der Waals surface area contributed by atoms with Crippen molar-refractivity contribution in [1.29, 1.82) is 0 Å². The number of anilines is 1. The highest BCUT2D eigenvalue weighted by molar-refractivity contribution is 5.94. The fourth-order valence-corrected chi connectivity index (χ4v) is 2.80. The first kappa shape index (κ1) is 12.0. The molecule has 0 bridgehead atoms. The molecule has 3 rings (SSSR count). The number of benzene rings is 1. The second kappa shape index (κ2) is 4.57. The van der Waals surface area contributed by atoms with E-state index in [9.17, 15) is 9.59 Å². The number of amides is 2. The van der Waals surface area contributed by atoms with Gasteiger partial charge < -0.3 is 15.3 Å². The third-order valence-electron chi connectivity index (χ3n) is 3.89. The third kappa shape index (κ3) is 2.28. The summed E-state index contributed by atoms with van der Waals surface area (Å²) < 4.78 is 0. The van der Waals surface area contributed by atoms with Crippen LogP contribution in [0.2, 0.25) is 0 Å². The van der Waals surface area contributed by atoms with E-state index in [1.165, 1.54) is 16.0 Å². The standard InChI is InChI=1S/C14H16N2O3/c17-13-2-1-11-7-9-3-5-16(14(18)19)6-4-10(9)8-12(11)15-13/h7-8H,1-6H2,(H,15,17)(H,18,19). The van der Waals surface area contributed by atoms with E-state index < -0.39 is 6.09 Å². The van der Waals surface area contributed by atoms with Gasteiger partial charge in [0, 0.05) is 25.2 Å². The van der Waals surface area contributed by atoms with Crippen LogP contribution in [0.25, 0.3) is 0 Å². The molecule has 1 aromatic carbocycles. The molecule has 0 atom stereocenters. The molecular weight excluding hydrogens is 244 g/mol. The molecule has 100 valence electrons. The number of nitrogens with zero attached hydrogens (tertiary/aromatic N) is 1. The number of fused-ring (bicyclic) bond motifs is 2. The topological polar surface area (TPSA) is 69.6 Å². The summed E-state index contributed by atoms with van der Waals surface area (Å²) in [4.78, 5) is 23.9. The Balaban J connectivity index is 1.91. The molecule has 0 spiro atoms. The van der Waals surface area contributed by atoms with Crippen LogP contribution < -0.4 is 5.32 Å². The Kier molecular flexibility index (Phi) is 2.89. The zero-order chi connectivity index (χ0) is 13.4. The first-order valence-corrected chi connectivity index (χ1v) is 6.56. The number of carbonyl (C=O) groups is 2. The number of carboxylic acid groups (broad SMARTS) is 1. The van der Waals surface area contributed by atoms with E-state index in [2.05, 4.69) is 11.4 Å². The summed E-state index contributed by atoms with van der Waals surface area (Å²) in [5, 5.41) is 12.0. The average molecular weight is 260 g/mol. The van der Waals surface area contributed by atoms with Crippen molar-refractivity contribution in [1.82, 2.24) is 4.90 Å². The van der Waals surface area contributed by atoms with E-state index in [1.54, 1.807) is 0 Å². The lowest BCUT2D eigenvalue weighted by Crippen LogP contribution is -2.31. The maximum atomic E-state index is 11.4. The van der Waals surface area contributed by atoms with Gasteiger partial charge in [-0.2, -0.15) is 0 Å². The average Bonchev–Trinajstić information content (AvgIpc) is 2.58. The van der Waals surface area contributed by atoms with E-state index in [4.69, 9.17) is 5.11 Å². The second-order valence-corrected chi connectivity index (χ2v) is 5.10. The van der Waals surface area contributed by atoms with Crippen LogP contribution in [-0.2, 0) is 24.1 Å². The van der Waals surface area contributed by atoms with Crippen LogP contribution >= 0.6 is 0 Å². The van der Waals surface area contributed by atoms with Crippen LogP contribution in [0.3, 0.4) is 0 Å². The molecule has 5 heteroatoms. The Bertz CT molecular complexity index is 554. The molecule has 5 nitrogen and oxygen atoms in total. The molecule has 0 saturated heterocycles. The normalized spacial score (nSPS) is 18.1. The maximum absolute atomic E-state index is 11.4. The van der Waals surface area contributed by atoms with Gasteiger partial charge in [-0.1, -0.05) is 6.07 Å². The monoisotopic (exact) mass is 260 g/mol. The summed E-state index contributed by atoms with van der Waals surface area (Å²) >= 11 is 0.